The van der Waals surface area contributed by atoms with Gasteiger partial charge in [-0.2, -0.15) is 0 Å². The van der Waals surface area contributed by atoms with E-state index in [0.717, 1.165) is 12.0 Å². The van der Waals surface area contributed by atoms with E-state index in [1.165, 1.54) is 6.20 Å². The number of hydrogen-bond donors (Lipinski definition) is 1. The van der Waals surface area contributed by atoms with Gasteiger partial charge in [-0.05, 0) is 24.1 Å². The molecule has 0 radical (unpaired) electrons. The summed E-state index contributed by atoms with van der Waals surface area (Å²) in [5.41, 5.74) is 1.12. The first-order chi connectivity index (χ1) is 8.65. The van der Waals surface area contributed by atoms with Crippen molar-refractivity contribution in [1.29, 1.82) is 0 Å². The number of benzene rings is 1. The Bertz CT molecular complexity index is 534. The molecule has 0 bridgehead atoms. The molecule has 1 aromatic heterocycles. The third-order valence-electron chi connectivity index (χ3n) is 2.46. The summed E-state index contributed by atoms with van der Waals surface area (Å²) in [4.78, 5) is 15.5. The monoisotopic (exact) mass is 264 g/mol. The first-order valence-corrected chi connectivity index (χ1v) is 5.98. The van der Waals surface area contributed by atoms with Crippen molar-refractivity contribution in [1.82, 2.24) is 10.3 Å². The number of halogens is 1. The van der Waals surface area contributed by atoms with Gasteiger partial charge in [0.25, 0.3) is 5.91 Å². The molecule has 2 aromatic rings. The van der Waals surface area contributed by atoms with Crippen LogP contribution in [0.4, 0.5) is 0 Å². The largest absolute Gasteiger partial charge is 0.436 e. The van der Waals surface area contributed by atoms with Gasteiger partial charge in [-0.25, -0.2) is 4.98 Å². The molecule has 0 aliphatic rings. The third-order valence-corrected chi connectivity index (χ3v) is 2.71. The molecule has 1 amide bonds. The van der Waals surface area contributed by atoms with Crippen LogP contribution >= 0.6 is 11.6 Å². The second kappa shape index (κ2) is 5.69. The van der Waals surface area contributed by atoms with Gasteiger partial charge in [0.1, 0.15) is 0 Å². The number of carbonyl (C=O) groups excluding carboxylic acids is 1. The number of rotatable bonds is 4. The van der Waals surface area contributed by atoms with Crippen LogP contribution in [0.25, 0.3) is 0 Å². The van der Waals surface area contributed by atoms with Crippen LogP contribution in [0, 0.1) is 6.92 Å². The molecule has 0 aliphatic carbocycles. The molecule has 2 rings (SSSR count). The van der Waals surface area contributed by atoms with E-state index in [-0.39, 0.29) is 11.7 Å². The zero-order valence-corrected chi connectivity index (χ0v) is 10.7. The van der Waals surface area contributed by atoms with Crippen molar-refractivity contribution < 1.29 is 9.21 Å². The van der Waals surface area contributed by atoms with E-state index in [4.69, 9.17) is 16.0 Å². The lowest BCUT2D eigenvalue weighted by atomic mass is 10.1. The maximum Gasteiger partial charge on any atom is 0.288 e. The number of nitrogens with one attached hydrogen (secondary N) is 1. The van der Waals surface area contributed by atoms with Crippen LogP contribution < -0.4 is 5.32 Å². The maximum atomic E-state index is 11.6. The molecule has 18 heavy (non-hydrogen) atoms. The van der Waals surface area contributed by atoms with E-state index >= 15 is 0 Å². The summed E-state index contributed by atoms with van der Waals surface area (Å²) in [6.07, 6.45) is 2.17. The fraction of sp³-hybridized carbons (Fsp3) is 0.231. The zero-order valence-electron chi connectivity index (χ0n) is 9.94. The molecule has 0 saturated heterocycles. The quantitative estimate of drug-likeness (QED) is 0.924. The van der Waals surface area contributed by atoms with Gasteiger partial charge in [0.05, 0.1) is 6.20 Å². The van der Waals surface area contributed by atoms with Crippen LogP contribution in [0.15, 0.2) is 34.9 Å². The number of aryl methyl sites for hydroxylation is 1. The van der Waals surface area contributed by atoms with Gasteiger partial charge in [0.15, 0.2) is 5.89 Å². The molecule has 0 fully saturated rings. The average molecular weight is 265 g/mol. The number of hydrogen-bond acceptors (Lipinski definition) is 3. The average Bonchev–Trinajstić information content (AvgIpc) is 2.78. The van der Waals surface area contributed by atoms with Gasteiger partial charge in [-0.3, -0.25) is 4.79 Å². The molecule has 1 heterocycles. The number of amides is 1. The fourth-order valence-electron chi connectivity index (χ4n) is 1.52. The van der Waals surface area contributed by atoms with Gasteiger partial charge >= 0.3 is 0 Å². The van der Waals surface area contributed by atoms with Gasteiger partial charge < -0.3 is 9.73 Å². The summed E-state index contributed by atoms with van der Waals surface area (Å²) in [6.45, 7) is 2.24. The van der Waals surface area contributed by atoms with E-state index < -0.39 is 0 Å². The molecular weight excluding hydrogens is 252 g/mol. The molecule has 5 heteroatoms. The van der Waals surface area contributed by atoms with Crippen molar-refractivity contribution in [2.24, 2.45) is 0 Å². The molecule has 94 valence electrons. The van der Waals surface area contributed by atoms with E-state index in [0.29, 0.717) is 17.5 Å². The van der Waals surface area contributed by atoms with Crippen molar-refractivity contribution in [3.05, 3.63) is 52.7 Å². The number of nitrogens with zero attached hydrogens (tertiary/aromatic N) is 1. The van der Waals surface area contributed by atoms with Crippen molar-refractivity contribution in [3.63, 3.8) is 0 Å². The molecule has 0 spiro atoms. The Morgan fingerprint density at radius 3 is 2.72 bits per heavy atom. The molecule has 1 aromatic carbocycles. The molecule has 0 aliphatic heterocycles. The summed E-state index contributed by atoms with van der Waals surface area (Å²) in [7, 11) is 0. The molecule has 0 saturated carbocycles. The van der Waals surface area contributed by atoms with E-state index in [1.807, 2.05) is 24.3 Å². The molecule has 1 N–H and O–H groups in total. The first-order valence-electron chi connectivity index (χ1n) is 5.60. The lowest BCUT2D eigenvalue weighted by Gasteiger charge is -2.03. The highest BCUT2D eigenvalue weighted by molar-refractivity contribution is 6.30. The number of carbonyl (C=O) groups is 1. The van der Waals surface area contributed by atoms with Crippen LogP contribution in [0.3, 0.4) is 0 Å². The SMILES string of the molecule is Cc1ncc(C(=O)NCCc2ccc(Cl)cc2)o1. The Kier molecular flexibility index (Phi) is 3.99. The van der Waals surface area contributed by atoms with Crippen molar-refractivity contribution in [3.8, 4) is 0 Å². The van der Waals surface area contributed by atoms with Crippen molar-refractivity contribution in [2.75, 3.05) is 6.54 Å². The van der Waals surface area contributed by atoms with Crippen LogP contribution in [-0.2, 0) is 6.42 Å². The Morgan fingerprint density at radius 1 is 1.39 bits per heavy atom. The standard InChI is InChI=1S/C13H13ClN2O2/c1-9-16-8-12(18-9)13(17)15-7-6-10-2-4-11(14)5-3-10/h2-5,8H,6-7H2,1H3,(H,15,17). The minimum Gasteiger partial charge on any atom is -0.436 e. The van der Waals surface area contributed by atoms with Crippen molar-refractivity contribution >= 4 is 17.5 Å². The highest BCUT2D eigenvalue weighted by atomic mass is 35.5. The molecule has 0 atom stereocenters. The van der Waals surface area contributed by atoms with E-state index in [1.54, 1.807) is 6.92 Å². The minimum atomic E-state index is -0.246. The number of oxazole rings is 1. The summed E-state index contributed by atoms with van der Waals surface area (Å²) >= 11 is 5.79. The Balaban J connectivity index is 1.82. The molecule has 0 unspecified atom stereocenters. The highest BCUT2D eigenvalue weighted by Crippen LogP contribution is 2.09. The summed E-state index contributed by atoms with van der Waals surface area (Å²) in [6, 6.07) is 7.54. The fourth-order valence-corrected chi connectivity index (χ4v) is 1.65. The highest BCUT2D eigenvalue weighted by Gasteiger charge is 2.09. The van der Waals surface area contributed by atoms with Crippen LogP contribution in [-0.4, -0.2) is 17.4 Å². The predicted octanol–water partition coefficient (Wildman–Crippen LogP) is 2.61. The maximum absolute atomic E-state index is 11.6. The number of aromatic nitrogens is 1. The summed E-state index contributed by atoms with van der Waals surface area (Å²) < 4.78 is 5.12. The van der Waals surface area contributed by atoms with Gasteiger partial charge in [-0.15, -0.1) is 0 Å². The lowest BCUT2D eigenvalue weighted by Crippen LogP contribution is -2.25. The second-order valence-electron chi connectivity index (χ2n) is 3.88. The first kappa shape index (κ1) is 12.6. The Hall–Kier alpha value is -1.81. The zero-order chi connectivity index (χ0) is 13.0. The smallest absolute Gasteiger partial charge is 0.288 e. The normalized spacial score (nSPS) is 10.3. The van der Waals surface area contributed by atoms with E-state index in [2.05, 4.69) is 10.3 Å². The summed E-state index contributed by atoms with van der Waals surface area (Å²) in [5.74, 6) is 0.478. The predicted molar refractivity (Wildman–Crippen MR) is 68.7 cm³/mol. The topological polar surface area (TPSA) is 55.1 Å². The second-order valence-corrected chi connectivity index (χ2v) is 4.31. The van der Waals surface area contributed by atoms with Crippen LogP contribution in [0.1, 0.15) is 22.0 Å². The van der Waals surface area contributed by atoms with Crippen LogP contribution in [0.5, 0.6) is 0 Å². The van der Waals surface area contributed by atoms with E-state index in [9.17, 15) is 4.79 Å². The minimum absolute atomic E-state index is 0.239. The summed E-state index contributed by atoms with van der Waals surface area (Å²) in [5, 5.41) is 3.48. The van der Waals surface area contributed by atoms with Crippen LogP contribution in [0.2, 0.25) is 5.02 Å². The molecular formula is C13H13ClN2O2. The van der Waals surface area contributed by atoms with Gasteiger partial charge in [0, 0.05) is 18.5 Å². The molecule has 4 nitrogen and oxygen atoms in total. The lowest BCUT2D eigenvalue weighted by molar-refractivity contribution is 0.0925. The van der Waals surface area contributed by atoms with Crippen molar-refractivity contribution in [2.45, 2.75) is 13.3 Å². The van der Waals surface area contributed by atoms with Gasteiger partial charge in [0.2, 0.25) is 5.76 Å². The third kappa shape index (κ3) is 3.34. The Morgan fingerprint density at radius 2 is 2.11 bits per heavy atom. The Labute approximate surface area is 110 Å². The van der Waals surface area contributed by atoms with Gasteiger partial charge in [-0.1, -0.05) is 23.7 Å².